The summed E-state index contributed by atoms with van der Waals surface area (Å²) in [5, 5.41) is 0. The van der Waals surface area contributed by atoms with Crippen LogP contribution in [-0.4, -0.2) is 49.6 Å². The van der Waals surface area contributed by atoms with E-state index in [2.05, 4.69) is 6.92 Å². The Balaban J connectivity index is 1.69. The third kappa shape index (κ3) is 5.45. The van der Waals surface area contributed by atoms with Crippen molar-refractivity contribution >= 4 is 11.9 Å². The summed E-state index contributed by atoms with van der Waals surface area (Å²) < 4.78 is 22.2. The summed E-state index contributed by atoms with van der Waals surface area (Å²) in [6.07, 6.45) is 5.61. The molecule has 0 radical (unpaired) electrons. The third-order valence-corrected chi connectivity index (χ3v) is 4.47. The summed E-state index contributed by atoms with van der Waals surface area (Å²) in [6.45, 7) is 4.70. The van der Waals surface area contributed by atoms with Gasteiger partial charge in [0.2, 0.25) is 0 Å². The maximum Gasteiger partial charge on any atom is 0.306 e. The van der Waals surface area contributed by atoms with Crippen LogP contribution in [0.15, 0.2) is 0 Å². The van der Waals surface area contributed by atoms with E-state index in [1.165, 1.54) is 12.8 Å². The Morgan fingerprint density at radius 1 is 0.792 bits per heavy atom. The lowest BCUT2D eigenvalue weighted by molar-refractivity contribution is -0.155. The number of esters is 2. The summed E-state index contributed by atoms with van der Waals surface area (Å²) in [5.41, 5.74) is 0. The number of unbranched alkanes of at least 4 members (excludes halogenated alkanes) is 4. The van der Waals surface area contributed by atoms with E-state index in [-0.39, 0.29) is 24.1 Å². The van der Waals surface area contributed by atoms with Gasteiger partial charge in [-0.05, 0) is 12.8 Å². The fourth-order valence-corrected chi connectivity index (χ4v) is 3.16. The second-order valence-corrected chi connectivity index (χ2v) is 6.57. The minimum Gasteiger partial charge on any atom is -0.457 e. The largest absolute Gasteiger partial charge is 0.457 e. The van der Waals surface area contributed by atoms with Gasteiger partial charge in [-0.2, -0.15) is 0 Å². The first-order valence-corrected chi connectivity index (χ1v) is 9.27. The number of carbonyl (C=O) groups excluding carboxylic acids is 2. The van der Waals surface area contributed by atoms with Gasteiger partial charge in [-0.15, -0.1) is 0 Å². The highest BCUT2D eigenvalue weighted by molar-refractivity contribution is 5.70. The monoisotopic (exact) mass is 342 g/mol. The molecule has 0 unspecified atom stereocenters. The van der Waals surface area contributed by atoms with Gasteiger partial charge in [0.15, 0.2) is 12.2 Å². The van der Waals surface area contributed by atoms with E-state index in [9.17, 15) is 9.59 Å². The highest BCUT2D eigenvalue weighted by Gasteiger charge is 2.51. The van der Waals surface area contributed by atoms with Crippen molar-refractivity contribution in [3.63, 3.8) is 0 Å². The van der Waals surface area contributed by atoms with Crippen molar-refractivity contribution in [1.82, 2.24) is 0 Å². The lowest BCUT2D eigenvalue weighted by atomic mass is 10.1. The number of fused-ring (bicyclic) bond motifs is 1. The average Bonchev–Trinajstić information content (AvgIpc) is 3.11. The molecule has 2 heterocycles. The van der Waals surface area contributed by atoms with E-state index in [0.717, 1.165) is 25.7 Å². The molecule has 0 N–H and O–H groups in total. The summed E-state index contributed by atoms with van der Waals surface area (Å²) in [5.74, 6) is -0.432. The molecular formula is C18H30O6. The van der Waals surface area contributed by atoms with Crippen molar-refractivity contribution in [1.29, 1.82) is 0 Å². The highest BCUT2D eigenvalue weighted by atomic mass is 16.7. The second-order valence-electron chi connectivity index (χ2n) is 6.57. The lowest BCUT2D eigenvalue weighted by Gasteiger charge is -2.17. The molecule has 2 aliphatic rings. The molecule has 0 aromatic rings. The first kappa shape index (κ1) is 19.2. The van der Waals surface area contributed by atoms with Gasteiger partial charge >= 0.3 is 11.9 Å². The zero-order chi connectivity index (χ0) is 17.4. The molecule has 0 saturated carbocycles. The zero-order valence-corrected chi connectivity index (χ0v) is 14.8. The van der Waals surface area contributed by atoms with Crippen molar-refractivity contribution in [2.75, 3.05) is 13.2 Å². The van der Waals surface area contributed by atoms with Crippen molar-refractivity contribution < 1.29 is 28.5 Å². The first-order valence-electron chi connectivity index (χ1n) is 9.27. The van der Waals surface area contributed by atoms with Crippen LogP contribution in [0.25, 0.3) is 0 Å². The second kappa shape index (κ2) is 9.99. The molecule has 0 amide bonds. The Morgan fingerprint density at radius 3 is 1.88 bits per heavy atom. The van der Waals surface area contributed by atoms with Crippen LogP contribution >= 0.6 is 0 Å². The molecule has 2 rings (SSSR count). The van der Waals surface area contributed by atoms with Crippen molar-refractivity contribution in [3.8, 4) is 0 Å². The van der Waals surface area contributed by atoms with Gasteiger partial charge in [-0.3, -0.25) is 9.59 Å². The van der Waals surface area contributed by atoms with Crippen LogP contribution in [0, 0.1) is 0 Å². The standard InChI is InChI=1S/C18H30O6/c1-3-5-6-7-8-10-16(20)24-14-12-22-17-13(11-21-18(14)17)23-15(19)9-4-2/h13-14,17-18H,3-12H2,1-2H3/t13-,14+,17+,18+/m0/s1. The van der Waals surface area contributed by atoms with Crippen LogP contribution in [0.3, 0.4) is 0 Å². The lowest BCUT2D eigenvalue weighted by Crippen LogP contribution is -2.35. The topological polar surface area (TPSA) is 71.1 Å². The number of hydrogen-bond acceptors (Lipinski definition) is 6. The smallest absolute Gasteiger partial charge is 0.306 e. The predicted octanol–water partition coefficient (Wildman–Crippen LogP) is 2.77. The van der Waals surface area contributed by atoms with Gasteiger partial charge in [0.25, 0.3) is 0 Å². The molecule has 2 aliphatic heterocycles. The highest BCUT2D eigenvalue weighted by Crippen LogP contribution is 2.31. The normalized spacial score (nSPS) is 28.6. The van der Waals surface area contributed by atoms with Crippen LogP contribution < -0.4 is 0 Å². The van der Waals surface area contributed by atoms with E-state index in [1.807, 2.05) is 6.92 Å². The molecule has 0 aromatic carbocycles. The average molecular weight is 342 g/mol. The van der Waals surface area contributed by atoms with E-state index < -0.39 is 12.2 Å². The molecule has 6 nitrogen and oxygen atoms in total. The number of ether oxygens (including phenoxy) is 4. The molecular weight excluding hydrogens is 312 g/mol. The van der Waals surface area contributed by atoms with Crippen LogP contribution in [-0.2, 0) is 28.5 Å². The number of hydrogen-bond donors (Lipinski definition) is 0. The molecule has 0 aromatic heterocycles. The summed E-state index contributed by atoms with van der Waals surface area (Å²) >= 11 is 0. The van der Waals surface area contributed by atoms with Gasteiger partial charge in [-0.25, -0.2) is 0 Å². The van der Waals surface area contributed by atoms with Gasteiger partial charge < -0.3 is 18.9 Å². The molecule has 138 valence electrons. The van der Waals surface area contributed by atoms with Gasteiger partial charge in [0.1, 0.15) is 12.2 Å². The maximum atomic E-state index is 11.9. The first-order chi connectivity index (χ1) is 11.7. The van der Waals surface area contributed by atoms with Gasteiger partial charge in [-0.1, -0.05) is 39.5 Å². The molecule has 0 spiro atoms. The minimum atomic E-state index is -0.396. The van der Waals surface area contributed by atoms with Crippen molar-refractivity contribution in [2.24, 2.45) is 0 Å². The molecule has 24 heavy (non-hydrogen) atoms. The summed E-state index contributed by atoms with van der Waals surface area (Å²) in [6, 6.07) is 0. The summed E-state index contributed by atoms with van der Waals surface area (Å²) in [4.78, 5) is 23.6. The van der Waals surface area contributed by atoms with Gasteiger partial charge in [0, 0.05) is 12.8 Å². The Labute approximate surface area is 144 Å². The molecule has 4 atom stereocenters. The molecule has 6 heteroatoms. The Bertz CT molecular complexity index is 410. The third-order valence-electron chi connectivity index (χ3n) is 4.47. The molecule has 0 aliphatic carbocycles. The van der Waals surface area contributed by atoms with Crippen molar-refractivity contribution in [3.05, 3.63) is 0 Å². The fourth-order valence-electron chi connectivity index (χ4n) is 3.16. The number of rotatable bonds is 10. The Kier molecular flexibility index (Phi) is 7.99. The van der Waals surface area contributed by atoms with Crippen molar-refractivity contribution in [2.45, 2.75) is 89.6 Å². The van der Waals surface area contributed by atoms with E-state index in [1.54, 1.807) is 0 Å². The zero-order valence-electron chi connectivity index (χ0n) is 14.8. The maximum absolute atomic E-state index is 11.9. The van der Waals surface area contributed by atoms with Crippen LogP contribution in [0.2, 0.25) is 0 Å². The quantitative estimate of drug-likeness (QED) is 0.449. The fraction of sp³-hybridized carbons (Fsp3) is 0.889. The molecule has 2 saturated heterocycles. The SMILES string of the molecule is CCCCCCCC(=O)O[C@@H]1CO[C@H]2[C@@H]1OC[C@@H]2OC(=O)CCC. The minimum absolute atomic E-state index is 0.198. The van der Waals surface area contributed by atoms with Gasteiger partial charge in [0.05, 0.1) is 13.2 Å². The van der Waals surface area contributed by atoms with E-state index in [0.29, 0.717) is 26.1 Å². The van der Waals surface area contributed by atoms with Crippen LogP contribution in [0.1, 0.15) is 65.2 Å². The molecule has 2 fully saturated rings. The Hall–Kier alpha value is -1.14. The van der Waals surface area contributed by atoms with Crippen LogP contribution in [0.4, 0.5) is 0 Å². The summed E-state index contributed by atoms with van der Waals surface area (Å²) in [7, 11) is 0. The van der Waals surface area contributed by atoms with E-state index in [4.69, 9.17) is 18.9 Å². The van der Waals surface area contributed by atoms with E-state index >= 15 is 0 Å². The molecule has 0 bridgehead atoms. The Morgan fingerprint density at radius 2 is 1.33 bits per heavy atom. The van der Waals surface area contributed by atoms with Crippen LogP contribution in [0.5, 0.6) is 0 Å². The number of carbonyl (C=O) groups is 2. The predicted molar refractivity (Wildman–Crippen MR) is 87.5 cm³/mol.